The number of rotatable bonds is 4. The molecule has 0 aromatic heterocycles. The van der Waals surface area contributed by atoms with Gasteiger partial charge in [0.15, 0.2) is 0 Å². The summed E-state index contributed by atoms with van der Waals surface area (Å²) in [5.74, 6) is 0.661. The zero-order valence-electron chi connectivity index (χ0n) is 9.76. The van der Waals surface area contributed by atoms with Crippen LogP contribution in [0.2, 0.25) is 0 Å². The molecule has 15 heavy (non-hydrogen) atoms. The van der Waals surface area contributed by atoms with E-state index in [0.29, 0.717) is 24.5 Å². The SMILES string of the molecule is CC1(C)C(NCCCF)C2CCCOC21. The van der Waals surface area contributed by atoms with Gasteiger partial charge in [0.05, 0.1) is 12.8 Å². The number of hydrogen-bond donors (Lipinski definition) is 1. The largest absolute Gasteiger partial charge is 0.377 e. The van der Waals surface area contributed by atoms with E-state index in [-0.39, 0.29) is 12.1 Å². The van der Waals surface area contributed by atoms with Crippen molar-refractivity contribution in [3.05, 3.63) is 0 Å². The topological polar surface area (TPSA) is 21.3 Å². The molecule has 3 unspecified atom stereocenters. The number of halogens is 1. The van der Waals surface area contributed by atoms with Crippen LogP contribution < -0.4 is 5.32 Å². The quantitative estimate of drug-likeness (QED) is 0.725. The van der Waals surface area contributed by atoms with Gasteiger partial charge in [-0.15, -0.1) is 0 Å². The van der Waals surface area contributed by atoms with Gasteiger partial charge in [0.25, 0.3) is 0 Å². The average molecular weight is 215 g/mol. The minimum Gasteiger partial charge on any atom is -0.377 e. The predicted octanol–water partition coefficient (Wildman–Crippen LogP) is 2.14. The van der Waals surface area contributed by atoms with Crippen LogP contribution in [0, 0.1) is 11.3 Å². The van der Waals surface area contributed by atoms with Crippen LogP contribution in [0.3, 0.4) is 0 Å². The van der Waals surface area contributed by atoms with E-state index in [0.717, 1.165) is 13.2 Å². The zero-order chi connectivity index (χ0) is 10.9. The maximum atomic E-state index is 12.0. The average Bonchev–Trinajstić information content (AvgIpc) is 2.24. The smallest absolute Gasteiger partial charge is 0.0906 e. The van der Waals surface area contributed by atoms with E-state index in [1.165, 1.54) is 12.8 Å². The number of fused-ring (bicyclic) bond motifs is 1. The first-order valence-electron chi connectivity index (χ1n) is 6.09. The summed E-state index contributed by atoms with van der Waals surface area (Å²) < 4.78 is 17.8. The third-order valence-electron chi connectivity index (χ3n) is 4.01. The van der Waals surface area contributed by atoms with Gasteiger partial charge in [-0.3, -0.25) is 4.39 Å². The van der Waals surface area contributed by atoms with Crippen LogP contribution >= 0.6 is 0 Å². The van der Waals surface area contributed by atoms with Gasteiger partial charge in [0.1, 0.15) is 0 Å². The summed E-state index contributed by atoms with van der Waals surface area (Å²) in [6.07, 6.45) is 3.50. The molecule has 3 heteroatoms. The van der Waals surface area contributed by atoms with Crippen LogP contribution in [-0.4, -0.2) is 32.0 Å². The first kappa shape index (κ1) is 11.3. The Balaban J connectivity index is 1.87. The molecule has 1 N–H and O–H groups in total. The van der Waals surface area contributed by atoms with Crippen molar-refractivity contribution in [3.8, 4) is 0 Å². The molecule has 1 heterocycles. The third-order valence-corrected chi connectivity index (χ3v) is 4.01. The Hall–Kier alpha value is -0.150. The Morgan fingerprint density at radius 1 is 1.47 bits per heavy atom. The molecule has 1 aliphatic carbocycles. The fraction of sp³-hybridized carbons (Fsp3) is 1.00. The van der Waals surface area contributed by atoms with Crippen LogP contribution in [0.15, 0.2) is 0 Å². The van der Waals surface area contributed by atoms with E-state index < -0.39 is 0 Å². The first-order chi connectivity index (χ1) is 7.18. The van der Waals surface area contributed by atoms with Crippen molar-refractivity contribution in [2.75, 3.05) is 19.8 Å². The number of nitrogens with one attached hydrogen (secondary N) is 1. The summed E-state index contributed by atoms with van der Waals surface area (Å²) in [5, 5.41) is 3.49. The Morgan fingerprint density at radius 2 is 2.27 bits per heavy atom. The van der Waals surface area contributed by atoms with Crippen molar-refractivity contribution in [2.24, 2.45) is 11.3 Å². The Bertz CT molecular complexity index is 220. The molecular weight excluding hydrogens is 193 g/mol. The van der Waals surface area contributed by atoms with Gasteiger partial charge in [-0.25, -0.2) is 0 Å². The summed E-state index contributed by atoms with van der Waals surface area (Å²) in [6, 6.07) is 0.523. The second-order valence-corrected chi connectivity index (χ2v) is 5.39. The molecule has 0 amide bonds. The van der Waals surface area contributed by atoms with Crippen LogP contribution in [0.25, 0.3) is 0 Å². The van der Waals surface area contributed by atoms with Crippen molar-refractivity contribution >= 4 is 0 Å². The Kier molecular flexibility index (Phi) is 3.31. The summed E-state index contributed by atoms with van der Waals surface area (Å²) in [5.41, 5.74) is 0.224. The van der Waals surface area contributed by atoms with Crippen molar-refractivity contribution < 1.29 is 9.13 Å². The van der Waals surface area contributed by atoms with Crippen LogP contribution in [0.1, 0.15) is 33.1 Å². The molecular formula is C12H22FNO. The lowest BCUT2D eigenvalue weighted by atomic mass is 9.55. The Labute approximate surface area is 91.6 Å². The molecule has 2 aliphatic rings. The zero-order valence-corrected chi connectivity index (χ0v) is 9.76. The summed E-state index contributed by atoms with van der Waals surface area (Å²) in [4.78, 5) is 0. The van der Waals surface area contributed by atoms with E-state index >= 15 is 0 Å². The van der Waals surface area contributed by atoms with E-state index in [9.17, 15) is 4.39 Å². The molecule has 0 aromatic rings. The van der Waals surface area contributed by atoms with Gasteiger partial charge >= 0.3 is 0 Å². The fourth-order valence-electron chi connectivity index (χ4n) is 3.26. The number of ether oxygens (including phenoxy) is 1. The minimum absolute atomic E-state index is 0.218. The van der Waals surface area contributed by atoms with Crippen LogP contribution in [0.5, 0.6) is 0 Å². The second-order valence-electron chi connectivity index (χ2n) is 5.39. The Morgan fingerprint density at radius 3 is 3.00 bits per heavy atom. The molecule has 2 rings (SSSR count). The first-order valence-corrected chi connectivity index (χ1v) is 6.09. The van der Waals surface area contributed by atoms with Crippen molar-refractivity contribution in [1.29, 1.82) is 0 Å². The minimum atomic E-state index is -0.218. The van der Waals surface area contributed by atoms with Crippen molar-refractivity contribution in [3.63, 3.8) is 0 Å². The van der Waals surface area contributed by atoms with Crippen molar-refractivity contribution in [1.82, 2.24) is 5.32 Å². The van der Waals surface area contributed by atoms with Gasteiger partial charge in [-0.1, -0.05) is 13.8 Å². The second kappa shape index (κ2) is 4.38. The fourth-order valence-corrected chi connectivity index (χ4v) is 3.26. The summed E-state index contributed by atoms with van der Waals surface area (Å²) >= 11 is 0. The molecule has 0 spiro atoms. The molecule has 2 fully saturated rings. The highest BCUT2D eigenvalue weighted by molar-refractivity contribution is 5.10. The van der Waals surface area contributed by atoms with Gasteiger partial charge < -0.3 is 10.1 Å². The summed E-state index contributed by atoms with van der Waals surface area (Å²) in [7, 11) is 0. The highest BCUT2D eigenvalue weighted by Gasteiger charge is 2.57. The maximum Gasteiger partial charge on any atom is 0.0906 e. The van der Waals surface area contributed by atoms with E-state index in [1.54, 1.807) is 0 Å². The molecule has 0 radical (unpaired) electrons. The monoisotopic (exact) mass is 215 g/mol. The lowest BCUT2D eigenvalue weighted by Gasteiger charge is -2.60. The number of alkyl halides is 1. The molecule has 2 nitrogen and oxygen atoms in total. The normalized spacial score (nSPS) is 38.2. The summed E-state index contributed by atoms with van der Waals surface area (Å²) in [6.45, 7) is 6.01. The number of hydrogen-bond acceptors (Lipinski definition) is 2. The van der Waals surface area contributed by atoms with Crippen LogP contribution in [-0.2, 0) is 4.74 Å². The van der Waals surface area contributed by atoms with Gasteiger partial charge in [-0.2, -0.15) is 0 Å². The lowest BCUT2D eigenvalue weighted by molar-refractivity contribution is -0.192. The van der Waals surface area contributed by atoms with E-state index in [4.69, 9.17) is 4.74 Å². The van der Waals surface area contributed by atoms with Gasteiger partial charge in [0.2, 0.25) is 0 Å². The van der Waals surface area contributed by atoms with Crippen molar-refractivity contribution in [2.45, 2.75) is 45.3 Å². The predicted molar refractivity (Wildman–Crippen MR) is 58.6 cm³/mol. The lowest BCUT2D eigenvalue weighted by Crippen LogP contribution is -2.69. The molecule has 1 saturated heterocycles. The van der Waals surface area contributed by atoms with E-state index in [1.807, 2.05) is 0 Å². The molecule has 88 valence electrons. The molecule has 0 bridgehead atoms. The van der Waals surface area contributed by atoms with E-state index in [2.05, 4.69) is 19.2 Å². The van der Waals surface area contributed by atoms with Gasteiger partial charge in [-0.05, 0) is 25.8 Å². The highest BCUT2D eigenvalue weighted by Crippen LogP contribution is 2.51. The standard InChI is InChI=1S/C12H22FNO/c1-12(2)10(14-7-4-6-13)9-5-3-8-15-11(9)12/h9-11,14H,3-8H2,1-2H3. The van der Waals surface area contributed by atoms with Crippen LogP contribution in [0.4, 0.5) is 4.39 Å². The van der Waals surface area contributed by atoms with Gasteiger partial charge in [0, 0.05) is 24.0 Å². The maximum absolute atomic E-state index is 12.0. The molecule has 3 atom stereocenters. The molecule has 1 saturated carbocycles. The molecule has 0 aromatic carbocycles. The molecule has 1 aliphatic heterocycles. The highest BCUT2D eigenvalue weighted by atomic mass is 19.1. The third kappa shape index (κ3) is 1.92.